The van der Waals surface area contributed by atoms with Gasteiger partial charge in [0.05, 0.1) is 11.9 Å². The first-order valence-corrected chi connectivity index (χ1v) is 9.93. The van der Waals surface area contributed by atoms with E-state index in [4.69, 9.17) is 9.88 Å². The highest BCUT2D eigenvalue weighted by molar-refractivity contribution is 7.89. The first-order chi connectivity index (χ1) is 9.89. The highest BCUT2D eigenvalue weighted by Gasteiger charge is 2.56. The van der Waals surface area contributed by atoms with Gasteiger partial charge in [-0.1, -0.05) is 19.3 Å². The third-order valence-corrected chi connectivity index (χ3v) is 6.22. The molecule has 2 aliphatic rings. The normalized spacial score (nSPS) is 28.8. The van der Waals surface area contributed by atoms with Gasteiger partial charge in [-0.05, 0) is 46.2 Å². The number of hydrogen-bond acceptors (Lipinski definition) is 4. The van der Waals surface area contributed by atoms with Crippen LogP contribution in [0.25, 0.3) is 0 Å². The van der Waals surface area contributed by atoms with Crippen molar-refractivity contribution in [3.05, 3.63) is 0 Å². The number of rotatable bonds is 7. The fourth-order valence-corrected chi connectivity index (χ4v) is 4.85. The first-order valence-electron chi connectivity index (χ1n) is 8.21. The van der Waals surface area contributed by atoms with E-state index in [-0.39, 0.29) is 5.75 Å². The maximum atomic E-state index is 11.0. The Bertz CT molecular complexity index is 432. The molecule has 2 atom stereocenters. The Balaban J connectivity index is 1.92. The van der Waals surface area contributed by atoms with Crippen LogP contribution in [0.5, 0.6) is 0 Å². The van der Waals surface area contributed by atoms with Crippen LogP contribution in [0.15, 0.2) is 0 Å². The van der Waals surface area contributed by atoms with Gasteiger partial charge in [0.2, 0.25) is 10.0 Å². The minimum Gasteiger partial charge on any atom is -0.378 e. The van der Waals surface area contributed by atoms with Gasteiger partial charge in [-0.15, -0.1) is 0 Å². The molecule has 0 bridgehead atoms. The smallest absolute Gasteiger partial charge is 0.209 e. The molecular weight excluding hydrogens is 288 g/mol. The summed E-state index contributed by atoms with van der Waals surface area (Å²) in [4.78, 5) is 2.34. The lowest BCUT2D eigenvalue weighted by Crippen LogP contribution is -2.64. The molecule has 0 saturated heterocycles. The van der Waals surface area contributed by atoms with Crippen molar-refractivity contribution < 1.29 is 13.2 Å². The third-order valence-electron chi connectivity index (χ3n) is 5.37. The minimum atomic E-state index is -3.34. The SMILES string of the molecule is CCO[C@H]1C[C@@H](N(C)CCCS(N)(=O)=O)C12CCCCC2. The summed E-state index contributed by atoms with van der Waals surface area (Å²) in [6.45, 7) is 3.65. The molecule has 2 saturated carbocycles. The summed E-state index contributed by atoms with van der Waals surface area (Å²) in [5, 5.41) is 5.08. The summed E-state index contributed by atoms with van der Waals surface area (Å²) in [5.41, 5.74) is 0.310. The lowest BCUT2D eigenvalue weighted by atomic mass is 9.54. The quantitative estimate of drug-likeness (QED) is 0.776. The van der Waals surface area contributed by atoms with Crippen molar-refractivity contribution >= 4 is 10.0 Å². The summed E-state index contributed by atoms with van der Waals surface area (Å²) in [5.74, 6) is 0.0753. The Morgan fingerprint density at radius 1 is 1.29 bits per heavy atom. The van der Waals surface area contributed by atoms with Gasteiger partial charge in [0, 0.05) is 18.1 Å². The van der Waals surface area contributed by atoms with E-state index in [1.54, 1.807) is 0 Å². The van der Waals surface area contributed by atoms with Gasteiger partial charge in [-0.3, -0.25) is 0 Å². The van der Waals surface area contributed by atoms with Gasteiger partial charge in [-0.25, -0.2) is 13.6 Å². The molecule has 0 aromatic carbocycles. The maximum absolute atomic E-state index is 11.0. The molecule has 0 aromatic heterocycles. The zero-order valence-corrected chi connectivity index (χ0v) is 14.2. The van der Waals surface area contributed by atoms with Crippen molar-refractivity contribution in [3.8, 4) is 0 Å². The molecule has 124 valence electrons. The number of ether oxygens (including phenoxy) is 1. The van der Waals surface area contributed by atoms with E-state index in [9.17, 15) is 8.42 Å². The van der Waals surface area contributed by atoms with Gasteiger partial charge in [-0.2, -0.15) is 0 Å². The first kappa shape index (κ1) is 17.2. The van der Waals surface area contributed by atoms with Crippen LogP contribution in [-0.4, -0.2) is 51.4 Å². The zero-order chi connectivity index (χ0) is 15.5. The summed E-state index contributed by atoms with van der Waals surface area (Å²) in [6.07, 6.45) is 8.53. The van der Waals surface area contributed by atoms with Crippen molar-refractivity contribution in [2.24, 2.45) is 10.6 Å². The number of nitrogens with zero attached hydrogens (tertiary/aromatic N) is 1. The molecule has 2 fully saturated rings. The molecule has 0 radical (unpaired) electrons. The molecule has 6 heteroatoms. The van der Waals surface area contributed by atoms with Crippen molar-refractivity contribution in [2.45, 2.75) is 64.0 Å². The minimum absolute atomic E-state index is 0.0753. The van der Waals surface area contributed by atoms with Gasteiger partial charge in [0.15, 0.2) is 0 Å². The van der Waals surface area contributed by atoms with Crippen molar-refractivity contribution in [2.75, 3.05) is 26.0 Å². The topological polar surface area (TPSA) is 72.6 Å². The second kappa shape index (κ2) is 6.94. The average Bonchev–Trinajstić information content (AvgIpc) is 2.42. The second-order valence-electron chi connectivity index (χ2n) is 6.69. The zero-order valence-electron chi connectivity index (χ0n) is 13.4. The molecule has 2 N–H and O–H groups in total. The van der Waals surface area contributed by atoms with E-state index in [0.29, 0.717) is 24.0 Å². The monoisotopic (exact) mass is 318 g/mol. The van der Waals surface area contributed by atoms with Crippen LogP contribution in [0.1, 0.15) is 51.9 Å². The second-order valence-corrected chi connectivity index (χ2v) is 8.42. The number of sulfonamides is 1. The molecule has 1 spiro atoms. The Morgan fingerprint density at radius 2 is 1.95 bits per heavy atom. The highest BCUT2D eigenvalue weighted by atomic mass is 32.2. The van der Waals surface area contributed by atoms with Crippen LogP contribution < -0.4 is 5.14 Å². The van der Waals surface area contributed by atoms with Crippen LogP contribution in [0.2, 0.25) is 0 Å². The predicted octanol–water partition coefficient (Wildman–Crippen LogP) is 1.72. The lowest BCUT2D eigenvalue weighted by molar-refractivity contribution is -0.178. The van der Waals surface area contributed by atoms with Gasteiger partial charge in [0.25, 0.3) is 0 Å². The van der Waals surface area contributed by atoms with Crippen LogP contribution in [0, 0.1) is 5.41 Å². The van der Waals surface area contributed by atoms with E-state index in [1.807, 2.05) is 0 Å². The molecule has 0 aromatic rings. The standard InChI is InChI=1S/C15H30N2O3S/c1-3-20-14-12-13(15(14)8-5-4-6-9-15)17(2)10-7-11-21(16,18)19/h13-14H,3-12H2,1-2H3,(H2,16,18,19)/t13-,14+/m1/s1. The number of primary sulfonamides is 1. The van der Waals surface area contributed by atoms with Gasteiger partial charge < -0.3 is 9.64 Å². The van der Waals surface area contributed by atoms with Gasteiger partial charge in [0.1, 0.15) is 0 Å². The predicted molar refractivity (Wildman–Crippen MR) is 84.6 cm³/mol. The van der Waals surface area contributed by atoms with Crippen LogP contribution in [0.3, 0.4) is 0 Å². The Hall–Kier alpha value is -0.170. The fraction of sp³-hybridized carbons (Fsp3) is 1.00. The molecular formula is C15H30N2O3S. The largest absolute Gasteiger partial charge is 0.378 e. The molecule has 2 rings (SSSR count). The van der Waals surface area contributed by atoms with Crippen LogP contribution in [0.4, 0.5) is 0 Å². The lowest BCUT2D eigenvalue weighted by Gasteiger charge is -2.60. The highest BCUT2D eigenvalue weighted by Crippen LogP contribution is 2.55. The van der Waals surface area contributed by atoms with E-state index >= 15 is 0 Å². The van der Waals surface area contributed by atoms with E-state index in [1.165, 1.54) is 32.1 Å². The summed E-state index contributed by atoms with van der Waals surface area (Å²) in [6, 6.07) is 0.537. The van der Waals surface area contributed by atoms with Crippen LogP contribution in [-0.2, 0) is 14.8 Å². The van der Waals surface area contributed by atoms with E-state index < -0.39 is 10.0 Å². The Morgan fingerprint density at radius 3 is 2.52 bits per heavy atom. The number of nitrogens with two attached hydrogens (primary N) is 1. The third kappa shape index (κ3) is 3.97. The molecule has 2 aliphatic carbocycles. The Kier molecular flexibility index (Phi) is 5.68. The van der Waals surface area contributed by atoms with Crippen molar-refractivity contribution in [1.29, 1.82) is 0 Å². The summed E-state index contributed by atoms with van der Waals surface area (Å²) < 4.78 is 28.0. The summed E-state index contributed by atoms with van der Waals surface area (Å²) >= 11 is 0. The molecule has 21 heavy (non-hydrogen) atoms. The molecule has 0 unspecified atom stereocenters. The molecule has 5 nitrogen and oxygen atoms in total. The van der Waals surface area contributed by atoms with Gasteiger partial charge >= 0.3 is 0 Å². The summed E-state index contributed by atoms with van der Waals surface area (Å²) in [7, 11) is -1.22. The van der Waals surface area contributed by atoms with Crippen molar-refractivity contribution in [3.63, 3.8) is 0 Å². The molecule has 0 aliphatic heterocycles. The van der Waals surface area contributed by atoms with E-state index in [0.717, 1.165) is 19.6 Å². The molecule has 0 amide bonds. The van der Waals surface area contributed by atoms with Crippen LogP contribution >= 0.6 is 0 Å². The fourth-order valence-electron chi connectivity index (χ4n) is 4.32. The number of hydrogen-bond donors (Lipinski definition) is 1. The molecule has 0 heterocycles. The Labute approximate surface area is 129 Å². The maximum Gasteiger partial charge on any atom is 0.209 e. The van der Waals surface area contributed by atoms with Crippen molar-refractivity contribution in [1.82, 2.24) is 4.90 Å². The average molecular weight is 318 g/mol. The van der Waals surface area contributed by atoms with E-state index in [2.05, 4.69) is 18.9 Å².